The SMILES string of the molecule is Cc1ncsc1CNC(=O)C[C@@H](CN)CC(C)C. The van der Waals surface area contributed by atoms with Gasteiger partial charge < -0.3 is 11.1 Å². The first kappa shape index (κ1) is 15.1. The van der Waals surface area contributed by atoms with Gasteiger partial charge in [0.25, 0.3) is 0 Å². The quantitative estimate of drug-likeness (QED) is 0.796. The Hall–Kier alpha value is -0.940. The molecule has 0 bridgehead atoms. The summed E-state index contributed by atoms with van der Waals surface area (Å²) in [6.07, 6.45) is 1.52. The minimum atomic E-state index is 0.0823. The number of nitrogens with zero attached hydrogens (tertiary/aromatic N) is 1. The van der Waals surface area contributed by atoms with Gasteiger partial charge in [-0.25, -0.2) is 4.98 Å². The lowest BCUT2D eigenvalue weighted by Crippen LogP contribution is -2.28. The van der Waals surface area contributed by atoms with Crippen molar-refractivity contribution in [3.63, 3.8) is 0 Å². The smallest absolute Gasteiger partial charge is 0.220 e. The van der Waals surface area contributed by atoms with E-state index in [0.717, 1.165) is 17.0 Å². The van der Waals surface area contributed by atoms with Crippen LogP contribution in [-0.4, -0.2) is 17.4 Å². The highest BCUT2D eigenvalue weighted by Crippen LogP contribution is 2.15. The number of amides is 1. The van der Waals surface area contributed by atoms with E-state index in [-0.39, 0.29) is 11.8 Å². The van der Waals surface area contributed by atoms with E-state index < -0.39 is 0 Å². The number of nitrogens with two attached hydrogens (primary N) is 1. The van der Waals surface area contributed by atoms with Gasteiger partial charge in [-0.3, -0.25) is 4.79 Å². The summed E-state index contributed by atoms with van der Waals surface area (Å²) in [5.41, 5.74) is 8.50. The number of rotatable bonds is 7. The molecule has 102 valence electrons. The monoisotopic (exact) mass is 269 g/mol. The molecule has 1 heterocycles. The summed E-state index contributed by atoms with van der Waals surface area (Å²) in [6.45, 7) is 7.42. The third kappa shape index (κ3) is 5.14. The molecule has 1 aromatic rings. The molecule has 0 saturated carbocycles. The van der Waals surface area contributed by atoms with E-state index in [1.54, 1.807) is 16.8 Å². The Morgan fingerprint density at radius 3 is 2.78 bits per heavy atom. The van der Waals surface area contributed by atoms with E-state index in [2.05, 4.69) is 24.1 Å². The Balaban J connectivity index is 2.34. The largest absolute Gasteiger partial charge is 0.351 e. The first-order valence-electron chi connectivity index (χ1n) is 6.38. The van der Waals surface area contributed by atoms with Crippen LogP contribution in [0.15, 0.2) is 5.51 Å². The van der Waals surface area contributed by atoms with Crippen LogP contribution in [0.25, 0.3) is 0 Å². The highest BCUT2D eigenvalue weighted by atomic mass is 32.1. The molecule has 1 amide bonds. The highest BCUT2D eigenvalue weighted by molar-refractivity contribution is 7.09. The van der Waals surface area contributed by atoms with E-state index in [4.69, 9.17) is 5.73 Å². The number of thiazole rings is 1. The maximum absolute atomic E-state index is 11.8. The number of carbonyl (C=O) groups is 1. The van der Waals surface area contributed by atoms with Crippen LogP contribution in [0.1, 0.15) is 37.3 Å². The van der Waals surface area contributed by atoms with E-state index in [0.29, 0.717) is 25.4 Å². The van der Waals surface area contributed by atoms with Crippen LogP contribution in [0, 0.1) is 18.8 Å². The first-order valence-corrected chi connectivity index (χ1v) is 7.26. The zero-order valence-corrected chi connectivity index (χ0v) is 12.2. The predicted molar refractivity (Wildman–Crippen MR) is 75.3 cm³/mol. The molecule has 1 aromatic heterocycles. The van der Waals surface area contributed by atoms with Gasteiger partial charge in [-0.2, -0.15) is 0 Å². The highest BCUT2D eigenvalue weighted by Gasteiger charge is 2.14. The minimum Gasteiger partial charge on any atom is -0.351 e. The molecule has 0 radical (unpaired) electrons. The molecule has 0 aliphatic carbocycles. The van der Waals surface area contributed by atoms with Crippen molar-refractivity contribution < 1.29 is 4.79 Å². The van der Waals surface area contributed by atoms with Crippen molar-refractivity contribution in [2.75, 3.05) is 6.54 Å². The molecule has 1 atom stereocenters. The third-order valence-corrected chi connectivity index (χ3v) is 3.84. The average molecular weight is 269 g/mol. The number of hydrogen-bond acceptors (Lipinski definition) is 4. The van der Waals surface area contributed by atoms with Crippen LogP contribution < -0.4 is 11.1 Å². The lowest BCUT2D eigenvalue weighted by molar-refractivity contribution is -0.122. The number of nitrogens with one attached hydrogen (secondary N) is 1. The van der Waals surface area contributed by atoms with Gasteiger partial charge in [0.15, 0.2) is 0 Å². The number of aryl methyl sites for hydroxylation is 1. The van der Waals surface area contributed by atoms with E-state index in [1.807, 2.05) is 6.92 Å². The minimum absolute atomic E-state index is 0.0823. The van der Waals surface area contributed by atoms with Gasteiger partial charge in [0, 0.05) is 11.3 Å². The summed E-state index contributed by atoms with van der Waals surface area (Å²) in [7, 11) is 0. The lowest BCUT2D eigenvalue weighted by atomic mass is 9.94. The van der Waals surface area contributed by atoms with E-state index in [1.165, 1.54) is 0 Å². The van der Waals surface area contributed by atoms with Crippen molar-refractivity contribution in [2.24, 2.45) is 17.6 Å². The van der Waals surface area contributed by atoms with Gasteiger partial charge in [-0.15, -0.1) is 11.3 Å². The zero-order valence-electron chi connectivity index (χ0n) is 11.4. The van der Waals surface area contributed by atoms with Crippen molar-refractivity contribution in [1.82, 2.24) is 10.3 Å². The number of carbonyl (C=O) groups excluding carboxylic acids is 1. The normalized spacial score (nSPS) is 12.7. The van der Waals surface area contributed by atoms with Crippen molar-refractivity contribution in [3.8, 4) is 0 Å². The summed E-state index contributed by atoms with van der Waals surface area (Å²) in [4.78, 5) is 17.1. The Kier molecular flexibility index (Phi) is 6.29. The van der Waals surface area contributed by atoms with Gasteiger partial charge >= 0.3 is 0 Å². The van der Waals surface area contributed by atoms with E-state index in [9.17, 15) is 4.79 Å². The molecule has 0 aliphatic rings. The molecule has 18 heavy (non-hydrogen) atoms. The average Bonchev–Trinajstić information content (AvgIpc) is 2.70. The lowest BCUT2D eigenvalue weighted by Gasteiger charge is -2.16. The molecule has 0 spiro atoms. The summed E-state index contributed by atoms with van der Waals surface area (Å²) in [5, 5.41) is 2.94. The topological polar surface area (TPSA) is 68.0 Å². The molecule has 0 aromatic carbocycles. The van der Waals surface area contributed by atoms with Crippen LogP contribution in [-0.2, 0) is 11.3 Å². The maximum atomic E-state index is 11.8. The fraction of sp³-hybridized carbons (Fsp3) is 0.692. The summed E-state index contributed by atoms with van der Waals surface area (Å²) < 4.78 is 0. The Labute approximate surface area is 113 Å². The van der Waals surface area contributed by atoms with Crippen molar-refractivity contribution in [3.05, 3.63) is 16.1 Å². The molecule has 0 saturated heterocycles. The van der Waals surface area contributed by atoms with Crippen LogP contribution >= 0.6 is 11.3 Å². The van der Waals surface area contributed by atoms with Crippen molar-refractivity contribution in [2.45, 2.75) is 40.2 Å². The molecule has 5 heteroatoms. The molecule has 3 N–H and O–H groups in total. The molecule has 0 fully saturated rings. The van der Waals surface area contributed by atoms with Gasteiger partial charge in [0.05, 0.1) is 17.7 Å². The second kappa shape index (κ2) is 7.48. The maximum Gasteiger partial charge on any atom is 0.220 e. The number of hydrogen-bond donors (Lipinski definition) is 2. The van der Waals surface area contributed by atoms with Crippen LogP contribution in [0.5, 0.6) is 0 Å². The van der Waals surface area contributed by atoms with Gasteiger partial charge in [0.2, 0.25) is 5.91 Å². The zero-order chi connectivity index (χ0) is 13.5. The molecule has 4 nitrogen and oxygen atoms in total. The van der Waals surface area contributed by atoms with Crippen molar-refractivity contribution in [1.29, 1.82) is 0 Å². The van der Waals surface area contributed by atoms with Crippen LogP contribution in [0.2, 0.25) is 0 Å². The second-order valence-corrected chi connectivity index (χ2v) is 6.01. The van der Waals surface area contributed by atoms with Gasteiger partial charge in [0.1, 0.15) is 0 Å². The van der Waals surface area contributed by atoms with Crippen LogP contribution in [0.4, 0.5) is 0 Å². The van der Waals surface area contributed by atoms with Gasteiger partial charge in [-0.1, -0.05) is 13.8 Å². The van der Waals surface area contributed by atoms with E-state index >= 15 is 0 Å². The summed E-state index contributed by atoms with van der Waals surface area (Å²) in [6, 6.07) is 0. The van der Waals surface area contributed by atoms with Crippen LogP contribution in [0.3, 0.4) is 0 Å². The Morgan fingerprint density at radius 1 is 1.56 bits per heavy atom. The Morgan fingerprint density at radius 2 is 2.28 bits per heavy atom. The third-order valence-electron chi connectivity index (χ3n) is 2.90. The molecular weight excluding hydrogens is 246 g/mol. The second-order valence-electron chi connectivity index (χ2n) is 5.07. The summed E-state index contributed by atoms with van der Waals surface area (Å²) >= 11 is 1.58. The Bertz CT molecular complexity index is 376. The molecule has 0 aliphatic heterocycles. The van der Waals surface area contributed by atoms with Gasteiger partial charge in [-0.05, 0) is 31.7 Å². The molecule has 0 unspecified atom stereocenters. The standard InChI is InChI=1S/C13H23N3OS/c1-9(2)4-11(6-14)5-13(17)15-7-12-10(3)16-8-18-12/h8-9,11H,4-7,14H2,1-3H3,(H,15,17)/t11-/m0/s1. The molecular formula is C13H23N3OS. The summed E-state index contributed by atoms with van der Waals surface area (Å²) in [5.74, 6) is 0.946. The number of aromatic nitrogens is 1. The van der Waals surface area contributed by atoms with Crippen molar-refractivity contribution >= 4 is 17.2 Å². The first-order chi connectivity index (χ1) is 8.52. The predicted octanol–water partition coefficient (Wildman–Crippen LogP) is 2.08. The fourth-order valence-corrected chi connectivity index (χ4v) is 2.66. The fourth-order valence-electron chi connectivity index (χ4n) is 1.94. The molecule has 1 rings (SSSR count).